The molecule has 5 heteroatoms. The Balaban J connectivity index is 2.68. The number of carbonyl (C=O) groups is 1. The summed E-state index contributed by atoms with van der Waals surface area (Å²) in [6.07, 6.45) is 0.687. The van der Waals surface area contributed by atoms with Gasteiger partial charge in [-0.3, -0.25) is 4.79 Å². The lowest BCUT2D eigenvalue weighted by Crippen LogP contribution is -2.32. The Bertz CT molecular complexity index is 459. The van der Waals surface area contributed by atoms with E-state index in [2.05, 4.69) is 5.32 Å². The first-order chi connectivity index (χ1) is 9.92. The van der Waals surface area contributed by atoms with Crippen molar-refractivity contribution < 1.29 is 14.3 Å². The number of rotatable bonds is 8. The summed E-state index contributed by atoms with van der Waals surface area (Å²) < 4.78 is 10.8. The number of hydrogen-bond donors (Lipinski definition) is 2. The van der Waals surface area contributed by atoms with Crippen molar-refractivity contribution in [3.05, 3.63) is 23.8 Å². The van der Waals surface area contributed by atoms with Gasteiger partial charge in [-0.15, -0.1) is 0 Å². The summed E-state index contributed by atoms with van der Waals surface area (Å²) in [4.78, 5) is 11.7. The molecule has 0 fully saturated rings. The van der Waals surface area contributed by atoms with Crippen LogP contribution in [0.2, 0.25) is 0 Å². The third-order valence-electron chi connectivity index (χ3n) is 2.88. The average Bonchev–Trinajstić information content (AvgIpc) is 2.43. The molecule has 0 radical (unpaired) electrons. The van der Waals surface area contributed by atoms with Gasteiger partial charge in [-0.05, 0) is 30.9 Å². The molecule has 3 N–H and O–H groups in total. The smallest absolute Gasteiger partial charge is 0.257 e. The number of hydrogen-bond acceptors (Lipinski definition) is 4. The van der Waals surface area contributed by atoms with Gasteiger partial charge in [0.05, 0.1) is 7.11 Å². The molecule has 1 aromatic rings. The molecular formula is C16H26N2O3. The van der Waals surface area contributed by atoms with Crippen LogP contribution >= 0.6 is 0 Å². The van der Waals surface area contributed by atoms with E-state index in [1.165, 1.54) is 0 Å². The first-order valence-corrected chi connectivity index (χ1v) is 7.24. The van der Waals surface area contributed by atoms with Gasteiger partial charge in [-0.2, -0.15) is 0 Å². The maximum atomic E-state index is 11.7. The lowest BCUT2D eigenvalue weighted by Gasteiger charge is -2.15. The van der Waals surface area contributed by atoms with Crippen molar-refractivity contribution in [2.75, 3.05) is 20.3 Å². The Labute approximate surface area is 126 Å². The number of amides is 1. The summed E-state index contributed by atoms with van der Waals surface area (Å²) in [6.45, 7) is 6.66. The van der Waals surface area contributed by atoms with Crippen LogP contribution in [0.3, 0.4) is 0 Å². The third-order valence-corrected chi connectivity index (χ3v) is 2.88. The number of nitrogens with one attached hydrogen (secondary N) is 1. The largest absolute Gasteiger partial charge is 0.497 e. The van der Waals surface area contributed by atoms with Gasteiger partial charge >= 0.3 is 0 Å². The van der Waals surface area contributed by atoms with Crippen molar-refractivity contribution in [3.63, 3.8) is 0 Å². The second-order valence-corrected chi connectivity index (χ2v) is 5.64. The Morgan fingerprint density at radius 1 is 1.33 bits per heavy atom. The number of carbonyl (C=O) groups excluding carboxylic acids is 1. The van der Waals surface area contributed by atoms with Gasteiger partial charge < -0.3 is 20.5 Å². The highest BCUT2D eigenvalue weighted by atomic mass is 16.5. The van der Waals surface area contributed by atoms with Crippen LogP contribution in [-0.4, -0.2) is 32.2 Å². The van der Waals surface area contributed by atoms with Gasteiger partial charge in [0.25, 0.3) is 5.91 Å². The molecule has 1 aromatic carbocycles. The second-order valence-electron chi connectivity index (χ2n) is 5.64. The monoisotopic (exact) mass is 294 g/mol. The second kappa shape index (κ2) is 8.52. The molecule has 0 saturated heterocycles. The zero-order chi connectivity index (χ0) is 15.8. The maximum absolute atomic E-state index is 11.7. The van der Waals surface area contributed by atoms with E-state index in [1.807, 2.05) is 32.9 Å². The topological polar surface area (TPSA) is 73.6 Å². The first-order valence-electron chi connectivity index (χ1n) is 7.24. The lowest BCUT2D eigenvalue weighted by molar-refractivity contribution is -0.123. The van der Waals surface area contributed by atoms with Crippen LogP contribution < -0.4 is 20.5 Å². The fourth-order valence-corrected chi connectivity index (χ4v) is 1.82. The molecule has 0 heterocycles. The highest BCUT2D eigenvalue weighted by Crippen LogP contribution is 2.25. The average molecular weight is 294 g/mol. The van der Waals surface area contributed by atoms with Crippen LogP contribution in [0.25, 0.3) is 0 Å². The molecule has 1 atom stereocenters. The minimum atomic E-state index is -0.127. The molecule has 1 unspecified atom stereocenters. The summed E-state index contributed by atoms with van der Waals surface area (Å²) in [5.41, 5.74) is 6.81. The number of methoxy groups -OCH3 is 1. The van der Waals surface area contributed by atoms with Crippen molar-refractivity contribution in [3.8, 4) is 11.5 Å². The number of benzene rings is 1. The van der Waals surface area contributed by atoms with Crippen molar-refractivity contribution in [2.24, 2.45) is 11.7 Å². The summed E-state index contributed by atoms with van der Waals surface area (Å²) in [5.74, 6) is 1.63. The zero-order valence-corrected chi connectivity index (χ0v) is 13.3. The summed E-state index contributed by atoms with van der Waals surface area (Å²) in [6, 6.07) is 5.59. The van der Waals surface area contributed by atoms with Crippen molar-refractivity contribution >= 4 is 5.91 Å². The van der Waals surface area contributed by atoms with Gasteiger partial charge in [0.15, 0.2) is 6.61 Å². The van der Waals surface area contributed by atoms with Crippen LogP contribution in [0, 0.1) is 5.92 Å². The van der Waals surface area contributed by atoms with Crippen molar-refractivity contribution in [2.45, 2.75) is 33.2 Å². The first kappa shape index (κ1) is 17.3. The molecule has 0 aromatic heterocycles. The Kier molecular flexibility index (Phi) is 7.02. The van der Waals surface area contributed by atoms with Crippen LogP contribution in [0.1, 0.15) is 26.3 Å². The molecule has 0 saturated carbocycles. The zero-order valence-electron chi connectivity index (χ0n) is 13.3. The van der Waals surface area contributed by atoms with E-state index < -0.39 is 0 Å². The molecule has 21 heavy (non-hydrogen) atoms. The molecule has 0 aliphatic carbocycles. The highest BCUT2D eigenvalue weighted by molar-refractivity contribution is 5.77. The normalized spacial score (nSPS) is 12.1. The molecule has 1 amide bonds. The summed E-state index contributed by atoms with van der Waals surface area (Å²) in [5, 5.41) is 2.82. The van der Waals surface area contributed by atoms with Gasteiger partial charge in [0.1, 0.15) is 11.5 Å². The van der Waals surface area contributed by atoms with Gasteiger partial charge in [0, 0.05) is 18.7 Å². The van der Waals surface area contributed by atoms with Gasteiger partial charge in [-0.25, -0.2) is 0 Å². The van der Waals surface area contributed by atoms with Crippen molar-refractivity contribution in [1.29, 1.82) is 0 Å². The molecule has 118 valence electrons. The van der Waals surface area contributed by atoms with E-state index in [9.17, 15) is 4.79 Å². The summed E-state index contributed by atoms with van der Waals surface area (Å²) >= 11 is 0. The molecule has 0 aliphatic heterocycles. The number of nitrogens with two attached hydrogens (primary N) is 1. The number of ether oxygens (including phenoxy) is 2. The highest BCUT2D eigenvalue weighted by Gasteiger charge is 2.10. The molecule has 1 rings (SSSR count). The van der Waals surface area contributed by atoms with Crippen LogP contribution in [0.4, 0.5) is 0 Å². The van der Waals surface area contributed by atoms with Crippen LogP contribution in [-0.2, 0) is 11.2 Å². The standard InChI is InChI=1S/C16H26N2O3/c1-11(2)9-18-16(19)10-21-15-8-14(20-4)6-5-13(15)7-12(3)17/h5-6,8,11-12H,7,9-10,17H2,1-4H3,(H,18,19). The van der Waals surface area contributed by atoms with Crippen LogP contribution in [0.5, 0.6) is 11.5 Å². The fraction of sp³-hybridized carbons (Fsp3) is 0.562. The Morgan fingerprint density at radius 2 is 2.05 bits per heavy atom. The van der Waals surface area contributed by atoms with E-state index >= 15 is 0 Å². The minimum absolute atomic E-state index is 0.00810. The van der Waals surface area contributed by atoms with Gasteiger partial charge in [0.2, 0.25) is 0 Å². The van der Waals surface area contributed by atoms with E-state index in [4.69, 9.17) is 15.2 Å². The SMILES string of the molecule is COc1ccc(CC(C)N)c(OCC(=O)NCC(C)C)c1. The van der Waals surface area contributed by atoms with Crippen LogP contribution in [0.15, 0.2) is 18.2 Å². The molecule has 0 aliphatic rings. The van der Waals surface area contributed by atoms with Gasteiger partial charge in [-0.1, -0.05) is 19.9 Å². The third kappa shape index (κ3) is 6.49. The predicted molar refractivity (Wildman–Crippen MR) is 83.7 cm³/mol. The minimum Gasteiger partial charge on any atom is -0.497 e. The van der Waals surface area contributed by atoms with Crippen molar-refractivity contribution in [1.82, 2.24) is 5.32 Å². The molecule has 0 spiro atoms. The quantitative estimate of drug-likeness (QED) is 0.766. The lowest BCUT2D eigenvalue weighted by atomic mass is 10.1. The maximum Gasteiger partial charge on any atom is 0.257 e. The van der Waals surface area contributed by atoms with E-state index in [0.717, 1.165) is 5.56 Å². The molecule has 0 bridgehead atoms. The fourth-order valence-electron chi connectivity index (χ4n) is 1.82. The molecule has 5 nitrogen and oxygen atoms in total. The summed E-state index contributed by atoms with van der Waals surface area (Å²) in [7, 11) is 1.60. The van der Waals surface area contributed by atoms with E-state index in [1.54, 1.807) is 13.2 Å². The Hall–Kier alpha value is -1.75. The molecular weight excluding hydrogens is 268 g/mol. The predicted octanol–water partition coefficient (Wildman–Crippen LogP) is 1.74. The van der Waals surface area contributed by atoms with E-state index in [0.29, 0.717) is 30.4 Å². The Morgan fingerprint density at radius 3 is 2.62 bits per heavy atom. The van der Waals surface area contributed by atoms with E-state index in [-0.39, 0.29) is 18.6 Å².